The summed E-state index contributed by atoms with van der Waals surface area (Å²) in [5.41, 5.74) is 0. The van der Waals surface area contributed by atoms with Crippen LogP contribution in [0, 0.1) is 5.82 Å². The standard InChI is InChI=1S/C8H12FNSi/c1-11(2,3)8-4-7(9)5-10-6-8/h4-6H,1-3H3. The molecule has 1 heterocycles. The van der Waals surface area contributed by atoms with E-state index < -0.39 is 8.07 Å². The van der Waals surface area contributed by atoms with Gasteiger partial charge in [0.05, 0.1) is 14.3 Å². The predicted molar refractivity (Wildman–Crippen MR) is 47.2 cm³/mol. The van der Waals surface area contributed by atoms with Crippen molar-refractivity contribution in [2.24, 2.45) is 0 Å². The van der Waals surface area contributed by atoms with Crippen molar-refractivity contribution in [1.29, 1.82) is 0 Å². The highest BCUT2D eigenvalue weighted by molar-refractivity contribution is 6.88. The molecule has 0 bridgehead atoms. The van der Waals surface area contributed by atoms with Crippen molar-refractivity contribution in [1.82, 2.24) is 4.98 Å². The zero-order chi connectivity index (χ0) is 8.48. The minimum Gasteiger partial charge on any atom is -0.262 e. The first-order valence-electron chi connectivity index (χ1n) is 3.61. The monoisotopic (exact) mass is 169 g/mol. The molecule has 0 aliphatic rings. The van der Waals surface area contributed by atoms with E-state index in [1.165, 1.54) is 6.20 Å². The van der Waals surface area contributed by atoms with Gasteiger partial charge in [0, 0.05) is 6.20 Å². The van der Waals surface area contributed by atoms with Crippen LogP contribution in [0.1, 0.15) is 0 Å². The molecule has 0 saturated heterocycles. The van der Waals surface area contributed by atoms with Crippen LogP contribution < -0.4 is 5.19 Å². The summed E-state index contributed by atoms with van der Waals surface area (Å²) in [6.45, 7) is 6.51. The fourth-order valence-corrected chi connectivity index (χ4v) is 1.85. The number of nitrogens with zero attached hydrogens (tertiary/aromatic N) is 1. The lowest BCUT2D eigenvalue weighted by Crippen LogP contribution is -2.37. The van der Waals surface area contributed by atoms with E-state index in [0.717, 1.165) is 5.19 Å². The Hall–Kier alpha value is -0.703. The fourth-order valence-electron chi connectivity index (χ4n) is 0.822. The average Bonchev–Trinajstić information content (AvgIpc) is 1.86. The maximum absolute atomic E-state index is 12.7. The van der Waals surface area contributed by atoms with E-state index in [2.05, 4.69) is 24.6 Å². The summed E-state index contributed by atoms with van der Waals surface area (Å²) >= 11 is 0. The Balaban J connectivity index is 3.06. The molecule has 3 heteroatoms. The second kappa shape index (κ2) is 2.74. The Morgan fingerprint density at radius 3 is 2.27 bits per heavy atom. The summed E-state index contributed by atoms with van der Waals surface area (Å²) < 4.78 is 12.7. The number of rotatable bonds is 1. The highest BCUT2D eigenvalue weighted by Crippen LogP contribution is 2.01. The Labute approximate surface area is 67.3 Å². The van der Waals surface area contributed by atoms with Gasteiger partial charge in [-0.3, -0.25) is 4.98 Å². The summed E-state index contributed by atoms with van der Waals surface area (Å²) in [5.74, 6) is -0.232. The van der Waals surface area contributed by atoms with Gasteiger partial charge in [-0.15, -0.1) is 0 Å². The van der Waals surface area contributed by atoms with E-state index in [9.17, 15) is 4.39 Å². The number of halogens is 1. The largest absolute Gasteiger partial charge is 0.262 e. The molecule has 0 aliphatic carbocycles. The topological polar surface area (TPSA) is 12.9 Å². The molecule has 0 amide bonds. The minimum atomic E-state index is -1.37. The van der Waals surface area contributed by atoms with Crippen LogP contribution in [0.15, 0.2) is 18.5 Å². The predicted octanol–water partition coefficient (Wildman–Crippen LogP) is 1.77. The number of aromatic nitrogens is 1. The van der Waals surface area contributed by atoms with E-state index in [1.807, 2.05) is 0 Å². The third-order valence-electron chi connectivity index (χ3n) is 1.57. The normalized spacial score (nSPS) is 11.6. The maximum atomic E-state index is 12.7. The molecule has 0 fully saturated rings. The van der Waals surface area contributed by atoms with Crippen LogP contribution in [0.2, 0.25) is 19.6 Å². The van der Waals surface area contributed by atoms with E-state index in [0.29, 0.717) is 0 Å². The lowest BCUT2D eigenvalue weighted by molar-refractivity contribution is 0.622. The van der Waals surface area contributed by atoms with Crippen LogP contribution in [0.5, 0.6) is 0 Å². The summed E-state index contributed by atoms with van der Waals surface area (Å²) in [7, 11) is -1.37. The molecule has 0 spiro atoms. The zero-order valence-electron chi connectivity index (χ0n) is 7.06. The van der Waals surface area contributed by atoms with Gasteiger partial charge in [0.1, 0.15) is 5.82 Å². The van der Waals surface area contributed by atoms with Crippen LogP contribution in [0.4, 0.5) is 4.39 Å². The van der Waals surface area contributed by atoms with Gasteiger partial charge in [-0.05, 0) is 11.3 Å². The smallest absolute Gasteiger partial charge is 0.141 e. The maximum Gasteiger partial charge on any atom is 0.141 e. The van der Waals surface area contributed by atoms with Gasteiger partial charge in [0.15, 0.2) is 0 Å². The lowest BCUT2D eigenvalue weighted by atomic mass is 10.5. The van der Waals surface area contributed by atoms with Crippen molar-refractivity contribution in [3.63, 3.8) is 0 Å². The van der Waals surface area contributed by atoms with Gasteiger partial charge in [-0.25, -0.2) is 4.39 Å². The molecule has 0 saturated carbocycles. The summed E-state index contributed by atoms with van der Waals surface area (Å²) in [5, 5.41) is 1.07. The van der Waals surface area contributed by atoms with Crippen LogP contribution in [0.3, 0.4) is 0 Å². The van der Waals surface area contributed by atoms with Crippen molar-refractivity contribution in [3.8, 4) is 0 Å². The number of pyridine rings is 1. The number of hydrogen-bond acceptors (Lipinski definition) is 1. The first-order valence-corrected chi connectivity index (χ1v) is 7.11. The molecule has 0 aromatic carbocycles. The van der Waals surface area contributed by atoms with Gasteiger partial charge in [-0.1, -0.05) is 19.6 Å². The summed E-state index contributed by atoms with van der Waals surface area (Å²) in [6, 6.07) is 1.58. The van der Waals surface area contributed by atoms with Crippen molar-refractivity contribution in [3.05, 3.63) is 24.3 Å². The molecule has 60 valence electrons. The van der Waals surface area contributed by atoms with Crippen LogP contribution >= 0.6 is 0 Å². The Kier molecular flexibility index (Phi) is 2.09. The minimum absolute atomic E-state index is 0.232. The first-order chi connectivity index (χ1) is 5.00. The van der Waals surface area contributed by atoms with E-state index in [-0.39, 0.29) is 5.82 Å². The molecule has 11 heavy (non-hydrogen) atoms. The van der Waals surface area contributed by atoms with Crippen LogP contribution in [-0.2, 0) is 0 Å². The van der Waals surface area contributed by atoms with E-state index in [1.54, 1.807) is 12.3 Å². The molecule has 0 atom stereocenters. The van der Waals surface area contributed by atoms with Crippen LogP contribution in [0.25, 0.3) is 0 Å². The lowest BCUT2D eigenvalue weighted by Gasteiger charge is -2.15. The summed E-state index contributed by atoms with van der Waals surface area (Å²) in [6.07, 6.45) is 3.00. The van der Waals surface area contributed by atoms with Crippen LogP contribution in [-0.4, -0.2) is 13.1 Å². The third kappa shape index (κ3) is 2.12. The molecule has 0 unspecified atom stereocenters. The Morgan fingerprint density at radius 2 is 1.91 bits per heavy atom. The first kappa shape index (κ1) is 8.39. The average molecular weight is 169 g/mol. The Bertz CT molecular complexity index is 255. The fraction of sp³-hybridized carbons (Fsp3) is 0.375. The van der Waals surface area contributed by atoms with Gasteiger partial charge in [0.2, 0.25) is 0 Å². The molecule has 0 radical (unpaired) electrons. The summed E-state index contributed by atoms with van der Waals surface area (Å²) in [4.78, 5) is 3.81. The molecule has 1 aromatic heterocycles. The van der Waals surface area contributed by atoms with Crippen molar-refractivity contribution in [2.45, 2.75) is 19.6 Å². The Morgan fingerprint density at radius 1 is 1.27 bits per heavy atom. The van der Waals surface area contributed by atoms with Gasteiger partial charge >= 0.3 is 0 Å². The van der Waals surface area contributed by atoms with Gasteiger partial charge in [0.25, 0.3) is 0 Å². The molecule has 1 aromatic rings. The van der Waals surface area contributed by atoms with E-state index in [4.69, 9.17) is 0 Å². The molecular formula is C8H12FNSi. The second-order valence-corrected chi connectivity index (χ2v) is 8.72. The molecule has 1 nitrogen and oxygen atoms in total. The third-order valence-corrected chi connectivity index (χ3v) is 3.58. The molecule has 0 N–H and O–H groups in total. The zero-order valence-corrected chi connectivity index (χ0v) is 8.06. The van der Waals surface area contributed by atoms with E-state index >= 15 is 0 Å². The second-order valence-electron chi connectivity index (χ2n) is 3.64. The highest BCUT2D eigenvalue weighted by atomic mass is 28.3. The van der Waals surface area contributed by atoms with Crippen molar-refractivity contribution < 1.29 is 4.39 Å². The number of hydrogen-bond donors (Lipinski definition) is 0. The highest BCUT2D eigenvalue weighted by Gasteiger charge is 2.16. The van der Waals surface area contributed by atoms with Crippen molar-refractivity contribution >= 4 is 13.3 Å². The quantitative estimate of drug-likeness (QED) is 0.584. The molecule has 0 aliphatic heterocycles. The molecule has 1 rings (SSSR count). The van der Waals surface area contributed by atoms with Crippen molar-refractivity contribution in [2.75, 3.05) is 0 Å². The van der Waals surface area contributed by atoms with Gasteiger partial charge < -0.3 is 0 Å². The van der Waals surface area contributed by atoms with Gasteiger partial charge in [-0.2, -0.15) is 0 Å². The SMILES string of the molecule is C[Si](C)(C)c1cncc(F)c1. The molecular weight excluding hydrogens is 157 g/mol.